The number of halogens is 1. The van der Waals surface area contributed by atoms with Gasteiger partial charge in [0.05, 0.1) is 0 Å². The molecule has 1 aromatic rings. The summed E-state index contributed by atoms with van der Waals surface area (Å²) in [5, 5.41) is 0. The molecule has 2 fully saturated rings. The van der Waals surface area contributed by atoms with Crippen LogP contribution in [0.15, 0.2) is 24.3 Å². The largest absolute Gasteiger partial charge is 0.315 e. The van der Waals surface area contributed by atoms with E-state index in [9.17, 15) is 9.18 Å². The number of nitrogens with zero attached hydrogens (tertiary/aromatic N) is 1. The van der Waals surface area contributed by atoms with Crippen LogP contribution in [0.1, 0.15) is 19.3 Å². The van der Waals surface area contributed by atoms with Gasteiger partial charge in [-0.2, -0.15) is 0 Å². The lowest BCUT2D eigenvalue weighted by Gasteiger charge is -2.22. The second-order valence-electron chi connectivity index (χ2n) is 5.30. The van der Waals surface area contributed by atoms with E-state index in [4.69, 9.17) is 0 Å². The van der Waals surface area contributed by atoms with Crippen molar-refractivity contribution in [2.24, 2.45) is 17.8 Å². The standard InChI is InChI=1S/C14H16FNO/c1-16(13-4-2-3-12(15)8-13)14(17)11-6-9-5-10(9)7-11/h2-4,8-11H,5-7H2,1H3. The first-order valence-corrected chi connectivity index (χ1v) is 6.18. The molecule has 0 N–H and O–H groups in total. The lowest BCUT2D eigenvalue weighted by Crippen LogP contribution is -2.32. The Hall–Kier alpha value is -1.38. The summed E-state index contributed by atoms with van der Waals surface area (Å²) >= 11 is 0. The van der Waals surface area contributed by atoms with E-state index < -0.39 is 0 Å². The van der Waals surface area contributed by atoms with E-state index >= 15 is 0 Å². The molecule has 2 aliphatic carbocycles. The number of hydrogen-bond acceptors (Lipinski definition) is 1. The third-order valence-electron chi connectivity index (χ3n) is 4.12. The quantitative estimate of drug-likeness (QED) is 0.769. The second-order valence-corrected chi connectivity index (χ2v) is 5.30. The number of fused-ring (bicyclic) bond motifs is 1. The molecular weight excluding hydrogens is 217 g/mol. The van der Waals surface area contributed by atoms with Crippen LogP contribution in [0.2, 0.25) is 0 Å². The molecule has 2 saturated carbocycles. The first kappa shape index (κ1) is 10.8. The Balaban J connectivity index is 1.73. The van der Waals surface area contributed by atoms with Gasteiger partial charge < -0.3 is 4.90 Å². The Morgan fingerprint density at radius 1 is 1.29 bits per heavy atom. The molecule has 0 radical (unpaired) electrons. The van der Waals surface area contributed by atoms with E-state index in [1.54, 1.807) is 24.1 Å². The van der Waals surface area contributed by atoms with Crippen molar-refractivity contribution in [1.82, 2.24) is 0 Å². The number of benzene rings is 1. The van der Waals surface area contributed by atoms with Gasteiger partial charge in [0.1, 0.15) is 5.82 Å². The molecule has 2 unspecified atom stereocenters. The smallest absolute Gasteiger partial charge is 0.229 e. The maximum Gasteiger partial charge on any atom is 0.229 e. The van der Waals surface area contributed by atoms with Crippen molar-refractivity contribution in [3.63, 3.8) is 0 Å². The van der Waals surface area contributed by atoms with Crippen molar-refractivity contribution in [3.05, 3.63) is 30.1 Å². The van der Waals surface area contributed by atoms with E-state index in [0.717, 1.165) is 24.7 Å². The van der Waals surface area contributed by atoms with Gasteiger partial charge in [0.25, 0.3) is 0 Å². The summed E-state index contributed by atoms with van der Waals surface area (Å²) in [5.41, 5.74) is 0.649. The van der Waals surface area contributed by atoms with Crippen LogP contribution < -0.4 is 4.90 Å². The third kappa shape index (κ3) is 1.94. The van der Waals surface area contributed by atoms with Crippen molar-refractivity contribution in [3.8, 4) is 0 Å². The van der Waals surface area contributed by atoms with Crippen LogP contribution in [0.3, 0.4) is 0 Å². The summed E-state index contributed by atoms with van der Waals surface area (Å²) in [5.74, 6) is 1.60. The molecule has 0 heterocycles. The molecule has 0 saturated heterocycles. The Kier molecular flexibility index (Phi) is 2.42. The minimum absolute atomic E-state index is 0.141. The Labute approximate surface area is 100 Å². The number of hydrogen-bond donors (Lipinski definition) is 0. The van der Waals surface area contributed by atoms with E-state index in [-0.39, 0.29) is 17.6 Å². The summed E-state index contributed by atoms with van der Waals surface area (Å²) < 4.78 is 13.1. The zero-order chi connectivity index (χ0) is 12.0. The zero-order valence-electron chi connectivity index (χ0n) is 9.90. The molecule has 2 nitrogen and oxygen atoms in total. The maximum atomic E-state index is 13.1. The van der Waals surface area contributed by atoms with Gasteiger partial charge in [0.2, 0.25) is 5.91 Å². The van der Waals surface area contributed by atoms with Crippen LogP contribution in [0, 0.1) is 23.6 Å². The summed E-state index contributed by atoms with van der Waals surface area (Å²) in [6.45, 7) is 0. The fourth-order valence-electron chi connectivity index (χ4n) is 3.00. The van der Waals surface area contributed by atoms with Crippen LogP contribution in [0.5, 0.6) is 0 Å². The summed E-state index contributed by atoms with van der Waals surface area (Å²) in [4.78, 5) is 13.8. The topological polar surface area (TPSA) is 20.3 Å². The molecule has 0 aliphatic heterocycles. The highest BCUT2D eigenvalue weighted by Crippen LogP contribution is 2.54. The normalized spacial score (nSPS) is 29.9. The number of carbonyl (C=O) groups is 1. The number of carbonyl (C=O) groups excluding carboxylic acids is 1. The molecule has 3 rings (SSSR count). The number of amides is 1. The molecule has 0 aromatic heterocycles. The van der Waals surface area contributed by atoms with E-state index in [1.807, 2.05) is 0 Å². The highest BCUT2D eigenvalue weighted by atomic mass is 19.1. The van der Waals surface area contributed by atoms with E-state index in [2.05, 4.69) is 0 Å². The first-order chi connectivity index (χ1) is 8.15. The second kappa shape index (κ2) is 3.83. The third-order valence-corrected chi connectivity index (χ3v) is 4.12. The minimum atomic E-state index is -0.295. The van der Waals surface area contributed by atoms with Crippen LogP contribution in [-0.2, 0) is 4.79 Å². The molecule has 2 aliphatic rings. The molecule has 1 aromatic carbocycles. The highest BCUT2D eigenvalue weighted by Gasteiger charge is 2.48. The fraction of sp³-hybridized carbons (Fsp3) is 0.500. The SMILES string of the molecule is CN(C(=O)C1CC2CC2C1)c1cccc(F)c1. The molecule has 1 amide bonds. The van der Waals surface area contributed by atoms with Gasteiger partial charge in [-0.05, 0) is 49.3 Å². The Bertz CT molecular complexity index is 449. The molecular formula is C14H16FNO. The average molecular weight is 233 g/mol. The van der Waals surface area contributed by atoms with Crippen LogP contribution in [0.4, 0.5) is 10.1 Å². The molecule has 90 valence electrons. The first-order valence-electron chi connectivity index (χ1n) is 6.18. The lowest BCUT2D eigenvalue weighted by molar-refractivity contribution is -0.122. The Morgan fingerprint density at radius 3 is 2.65 bits per heavy atom. The van der Waals surface area contributed by atoms with Gasteiger partial charge in [0, 0.05) is 18.7 Å². The maximum absolute atomic E-state index is 13.1. The fourth-order valence-corrected chi connectivity index (χ4v) is 3.00. The van der Waals surface area contributed by atoms with Crippen LogP contribution in [-0.4, -0.2) is 13.0 Å². The van der Waals surface area contributed by atoms with Crippen molar-refractivity contribution in [2.45, 2.75) is 19.3 Å². The van der Waals surface area contributed by atoms with Gasteiger partial charge in [-0.3, -0.25) is 4.79 Å². The van der Waals surface area contributed by atoms with Gasteiger partial charge in [-0.1, -0.05) is 6.07 Å². The summed E-state index contributed by atoms with van der Waals surface area (Å²) in [7, 11) is 1.74. The molecule has 2 atom stereocenters. The van der Waals surface area contributed by atoms with Crippen LogP contribution in [0.25, 0.3) is 0 Å². The minimum Gasteiger partial charge on any atom is -0.315 e. The van der Waals surface area contributed by atoms with Gasteiger partial charge in [0.15, 0.2) is 0 Å². The van der Waals surface area contributed by atoms with Crippen molar-refractivity contribution in [1.29, 1.82) is 0 Å². The predicted octanol–water partition coefficient (Wildman–Crippen LogP) is 2.83. The zero-order valence-corrected chi connectivity index (χ0v) is 9.90. The van der Waals surface area contributed by atoms with E-state index in [1.165, 1.54) is 18.6 Å². The average Bonchev–Trinajstić information content (AvgIpc) is 2.94. The number of anilines is 1. The summed E-state index contributed by atoms with van der Waals surface area (Å²) in [6, 6.07) is 6.22. The van der Waals surface area contributed by atoms with Gasteiger partial charge >= 0.3 is 0 Å². The van der Waals surface area contributed by atoms with Crippen molar-refractivity contribution in [2.75, 3.05) is 11.9 Å². The van der Waals surface area contributed by atoms with Gasteiger partial charge in [-0.15, -0.1) is 0 Å². The Morgan fingerprint density at radius 2 is 2.00 bits per heavy atom. The summed E-state index contributed by atoms with van der Waals surface area (Å²) in [6.07, 6.45) is 3.37. The van der Waals surface area contributed by atoms with Crippen molar-refractivity contribution >= 4 is 11.6 Å². The molecule has 17 heavy (non-hydrogen) atoms. The number of rotatable bonds is 2. The molecule has 3 heteroatoms. The molecule has 0 spiro atoms. The van der Waals surface area contributed by atoms with Crippen LogP contribution >= 0.6 is 0 Å². The molecule has 0 bridgehead atoms. The lowest BCUT2D eigenvalue weighted by atomic mass is 10.0. The monoisotopic (exact) mass is 233 g/mol. The highest BCUT2D eigenvalue weighted by molar-refractivity contribution is 5.94. The van der Waals surface area contributed by atoms with Crippen molar-refractivity contribution < 1.29 is 9.18 Å². The van der Waals surface area contributed by atoms with E-state index in [0.29, 0.717) is 5.69 Å². The predicted molar refractivity (Wildman–Crippen MR) is 64.1 cm³/mol. The van der Waals surface area contributed by atoms with Gasteiger partial charge in [-0.25, -0.2) is 4.39 Å².